The van der Waals surface area contributed by atoms with Gasteiger partial charge in [-0.1, -0.05) is 79.7 Å². The summed E-state index contributed by atoms with van der Waals surface area (Å²) in [6.07, 6.45) is 4.66. The highest BCUT2D eigenvalue weighted by Gasteiger charge is 2.44. The van der Waals surface area contributed by atoms with Crippen molar-refractivity contribution in [2.75, 3.05) is 19.7 Å². The third-order valence-electron chi connectivity index (χ3n) is 8.20. The first kappa shape index (κ1) is 25.6. The Kier molecular flexibility index (Phi) is 8.43. The Morgan fingerprint density at radius 2 is 1.51 bits per heavy atom. The Balaban J connectivity index is 1.77. The minimum Gasteiger partial charge on any atom is -0.396 e. The minimum absolute atomic E-state index is 0.0951. The molecule has 4 rings (SSSR count). The molecule has 1 fully saturated rings. The molecule has 3 aromatic rings. The molecule has 0 aliphatic carbocycles. The SMILES string of the molecule is CCc1c(C2CC(C(O)(c3ccccc3)c3ccccc3)CCN2CCCCO)ccc(C)c1C. The van der Waals surface area contributed by atoms with Crippen molar-refractivity contribution in [1.82, 2.24) is 4.90 Å². The largest absolute Gasteiger partial charge is 0.396 e. The molecule has 2 atom stereocenters. The molecular weight excluding hydrogens is 430 g/mol. The maximum Gasteiger partial charge on any atom is 0.118 e. The van der Waals surface area contributed by atoms with E-state index in [9.17, 15) is 10.2 Å². The summed E-state index contributed by atoms with van der Waals surface area (Å²) in [5, 5.41) is 21.9. The zero-order chi connectivity index (χ0) is 24.8. The highest BCUT2D eigenvalue weighted by molar-refractivity contribution is 5.43. The van der Waals surface area contributed by atoms with Gasteiger partial charge in [-0.05, 0) is 98.3 Å². The second kappa shape index (κ2) is 11.5. The standard InChI is InChI=1S/C32H41NO2/c1-4-29-25(3)24(2)17-18-30(29)31-23-28(19-21-33(31)20-11-12-22-34)32(35,26-13-7-5-8-14-26)27-15-9-6-10-16-27/h5-10,13-18,28,31,34-35H,4,11-12,19-23H2,1-3H3. The van der Waals surface area contributed by atoms with Crippen LogP contribution in [0.1, 0.15) is 72.0 Å². The van der Waals surface area contributed by atoms with E-state index in [2.05, 4.69) is 62.1 Å². The van der Waals surface area contributed by atoms with Crippen LogP contribution in [0, 0.1) is 19.8 Å². The van der Waals surface area contributed by atoms with Gasteiger partial charge in [0, 0.05) is 12.6 Å². The van der Waals surface area contributed by atoms with Crippen LogP contribution < -0.4 is 0 Å². The first-order valence-electron chi connectivity index (χ1n) is 13.3. The quantitative estimate of drug-likeness (QED) is 0.359. The van der Waals surface area contributed by atoms with Gasteiger partial charge in [0.05, 0.1) is 0 Å². The maximum atomic E-state index is 12.5. The summed E-state index contributed by atoms with van der Waals surface area (Å²) in [4.78, 5) is 2.60. The number of benzene rings is 3. The molecule has 1 saturated heterocycles. The predicted octanol–water partition coefficient (Wildman–Crippen LogP) is 6.33. The second-order valence-electron chi connectivity index (χ2n) is 10.1. The zero-order valence-electron chi connectivity index (χ0n) is 21.6. The van der Waals surface area contributed by atoms with Crippen molar-refractivity contribution in [3.8, 4) is 0 Å². The van der Waals surface area contributed by atoms with Gasteiger partial charge < -0.3 is 10.2 Å². The molecule has 2 unspecified atom stereocenters. The highest BCUT2D eigenvalue weighted by Crippen LogP contribution is 2.47. The van der Waals surface area contributed by atoms with E-state index in [1.807, 2.05) is 36.4 Å². The fraction of sp³-hybridized carbons (Fsp3) is 0.438. The Hall–Kier alpha value is -2.46. The monoisotopic (exact) mass is 471 g/mol. The molecule has 186 valence electrons. The first-order chi connectivity index (χ1) is 17.0. The van der Waals surface area contributed by atoms with Crippen molar-refractivity contribution in [3.05, 3.63) is 106 Å². The average Bonchev–Trinajstić information content (AvgIpc) is 2.91. The van der Waals surface area contributed by atoms with Crippen LogP contribution in [0.25, 0.3) is 0 Å². The zero-order valence-corrected chi connectivity index (χ0v) is 21.6. The molecule has 0 amide bonds. The van der Waals surface area contributed by atoms with Gasteiger partial charge in [-0.3, -0.25) is 4.90 Å². The smallest absolute Gasteiger partial charge is 0.118 e. The Bertz CT molecular complexity index is 1040. The number of hydrogen-bond acceptors (Lipinski definition) is 3. The van der Waals surface area contributed by atoms with Gasteiger partial charge in [0.2, 0.25) is 0 Å². The highest BCUT2D eigenvalue weighted by atomic mass is 16.3. The molecule has 1 heterocycles. The van der Waals surface area contributed by atoms with Crippen LogP contribution in [0.4, 0.5) is 0 Å². The molecule has 0 bridgehead atoms. The van der Waals surface area contributed by atoms with Crippen LogP contribution in [-0.2, 0) is 12.0 Å². The molecule has 2 N–H and O–H groups in total. The van der Waals surface area contributed by atoms with E-state index in [1.165, 1.54) is 22.3 Å². The van der Waals surface area contributed by atoms with Gasteiger partial charge in [-0.15, -0.1) is 0 Å². The van der Waals surface area contributed by atoms with Crippen molar-refractivity contribution in [2.24, 2.45) is 5.92 Å². The van der Waals surface area contributed by atoms with Crippen LogP contribution in [0.3, 0.4) is 0 Å². The van der Waals surface area contributed by atoms with Crippen molar-refractivity contribution in [3.63, 3.8) is 0 Å². The van der Waals surface area contributed by atoms with Gasteiger partial charge in [-0.25, -0.2) is 0 Å². The van der Waals surface area contributed by atoms with Crippen molar-refractivity contribution in [2.45, 2.75) is 64.5 Å². The Morgan fingerprint density at radius 1 is 0.886 bits per heavy atom. The molecule has 3 nitrogen and oxygen atoms in total. The number of aliphatic hydroxyl groups excluding tert-OH is 1. The lowest BCUT2D eigenvalue weighted by Gasteiger charge is -2.47. The van der Waals surface area contributed by atoms with Crippen LogP contribution in [0.5, 0.6) is 0 Å². The first-order valence-corrected chi connectivity index (χ1v) is 13.3. The molecular formula is C32H41NO2. The van der Waals surface area contributed by atoms with E-state index in [0.29, 0.717) is 0 Å². The van der Waals surface area contributed by atoms with E-state index >= 15 is 0 Å². The lowest BCUT2D eigenvalue weighted by Crippen LogP contribution is -2.46. The van der Waals surface area contributed by atoms with Crippen LogP contribution >= 0.6 is 0 Å². The molecule has 0 radical (unpaired) electrons. The lowest BCUT2D eigenvalue weighted by molar-refractivity contribution is -0.0320. The number of aliphatic hydroxyl groups is 2. The minimum atomic E-state index is -1.04. The molecule has 1 aliphatic rings. The molecule has 1 aliphatic heterocycles. The third kappa shape index (κ3) is 5.23. The second-order valence-corrected chi connectivity index (χ2v) is 10.1. The van der Waals surface area contributed by atoms with Crippen LogP contribution in [0.2, 0.25) is 0 Å². The van der Waals surface area contributed by atoms with Crippen LogP contribution in [-0.4, -0.2) is 34.8 Å². The van der Waals surface area contributed by atoms with E-state index in [1.54, 1.807) is 0 Å². The van der Waals surface area contributed by atoms with Gasteiger partial charge in [-0.2, -0.15) is 0 Å². The maximum absolute atomic E-state index is 12.5. The molecule has 0 aromatic heterocycles. The van der Waals surface area contributed by atoms with Gasteiger partial charge >= 0.3 is 0 Å². The van der Waals surface area contributed by atoms with Crippen LogP contribution in [0.15, 0.2) is 72.8 Å². The fourth-order valence-electron chi connectivity index (χ4n) is 6.11. The van der Waals surface area contributed by atoms with E-state index in [-0.39, 0.29) is 18.6 Å². The molecule has 0 saturated carbocycles. The molecule has 3 heteroatoms. The van der Waals surface area contributed by atoms with E-state index in [4.69, 9.17) is 0 Å². The summed E-state index contributed by atoms with van der Waals surface area (Å²) < 4.78 is 0. The summed E-state index contributed by atoms with van der Waals surface area (Å²) in [5.41, 5.74) is 6.50. The molecule has 3 aromatic carbocycles. The molecule has 35 heavy (non-hydrogen) atoms. The Morgan fingerprint density at radius 3 is 2.09 bits per heavy atom. The summed E-state index contributed by atoms with van der Waals surface area (Å²) in [7, 11) is 0. The third-order valence-corrected chi connectivity index (χ3v) is 8.20. The summed E-state index contributed by atoms with van der Waals surface area (Å²) in [6, 6.07) is 25.3. The average molecular weight is 472 g/mol. The van der Waals surface area contributed by atoms with Gasteiger partial charge in [0.15, 0.2) is 0 Å². The number of rotatable bonds is 9. The van der Waals surface area contributed by atoms with E-state index in [0.717, 1.165) is 56.3 Å². The topological polar surface area (TPSA) is 43.7 Å². The fourth-order valence-corrected chi connectivity index (χ4v) is 6.11. The van der Waals surface area contributed by atoms with E-state index < -0.39 is 5.60 Å². The molecule has 0 spiro atoms. The number of unbranched alkanes of at least 4 members (excludes halogenated alkanes) is 1. The normalized spacial score (nSPS) is 19.1. The van der Waals surface area contributed by atoms with Gasteiger partial charge in [0.1, 0.15) is 5.60 Å². The number of piperidine rings is 1. The number of hydrogen-bond donors (Lipinski definition) is 2. The summed E-state index contributed by atoms with van der Waals surface area (Å²) in [6.45, 7) is 8.86. The summed E-state index contributed by atoms with van der Waals surface area (Å²) >= 11 is 0. The van der Waals surface area contributed by atoms with Crippen molar-refractivity contribution in [1.29, 1.82) is 0 Å². The van der Waals surface area contributed by atoms with Crippen molar-refractivity contribution < 1.29 is 10.2 Å². The lowest BCUT2D eigenvalue weighted by atomic mass is 9.69. The summed E-state index contributed by atoms with van der Waals surface area (Å²) in [5.74, 6) is 0.0951. The number of aryl methyl sites for hydroxylation is 1. The number of nitrogens with zero attached hydrogens (tertiary/aromatic N) is 1. The van der Waals surface area contributed by atoms with Gasteiger partial charge in [0.25, 0.3) is 0 Å². The van der Waals surface area contributed by atoms with Crippen molar-refractivity contribution >= 4 is 0 Å². The predicted molar refractivity (Wildman–Crippen MR) is 145 cm³/mol. The Labute approximate surface area is 211 Å². The number of likely N-dealkylation sites (tertiary alicyclic amines) is 1.